The van der Waals surface area contributed by atoms with Crippen LogP contribution in [0.5, 0.6) is 0 Å². The summed E-state index contributed by atoms with van der Waals surface area (Å²) in [5, 5.41) is 6.53. The van der Waals surface area contributed by atoms with E-state index in [1.807, 2.05) is 11.3 Å². The number of aromatic nitrogens is 2. The topological polar surface area (TPSA) is 9.86 Å². The fourth-order valence-electron chi connectivity index (χ4n) is 7.82. The van der Waals surface area contributed by atoms with Crippen molar-refractivity contribution in [1.29, 1.82) is 0 Å². The lowest BCUT2D eigenvalue weighted by Gasteiger charge is -2.19. The Bertz CT molecular complexity index is 2680. The first-order valence-corrected chi connectivity index (χ1v) is 16.9. The van der Waals surface area contributed by atoms with E-state index in [0.29, 0.717) is 5.92 Å². The van der Waals surface area contributed by atoms with E-state index in [2.05, 4.69) is 162 Å². The Morgan fingerprint density at radius 3 is 2.04 bits per heavy atom. The molecule has 0 amide bonds. The second-order valence-electron chi connectivity index (χ2n) is 12.6. The van der Waals surface area contributed by atoms with Gasteiger partial charge in [-0.05, 0) is 84.3 Å². The minimum atomic E-state index is 0.463. The number of hydrogen-bond acceptors (Lipinski definition) is 1. The maximum Gasteiger partial charge on any atom is 0.0541 e. The molecule has 1 atom stereocenters. The van der Waals surface area contributed by atoms with Crippen LogP contribution in [0.1, 0.15) is 30.5 Å². The number of rotatable bonds is 3. The lowest BCUT2D eigenvalue weighted by Crippen LogP contribution is -2.06. The number of benzene rings is 6. The number of hydrogen-bond donors (Lipinski definition) is 0. The summed E-state index contributed by atoms with van der Waals surface area (Å²) in [4.78, 5) is 0. The van der Waals surface area contributed by atoms with E-state index in [9.17, 15) is 0 Å². The predicted octanol–water partition coefficient (Wildman–Crippen LogP) is 12.3. The van der Waals surface area contributed by atoms with Gasteiger partial charge in [0.15, 0.2) is 0 Å². The Morgan fingerprint density at radius 1 is 0.522 bits per heavy atom. The summed E-state index contributed by atoms with van der Waals surface area (Å²) in [7, 11) is 0. The van der Waals surface area contributed by atoms with Crippen LogP contribution < -0.4 is 0 Å². The van der Waals surface area contributed by atoms with Gasteiger partial charge in [0.1, 0.15) is 0 Å². The van der Waals surface area contributed by atoms with E-state index in [0.717, 1.165) is 6.42 Å². The molecule has 46 heavy (non-hydrogen) atoms. The minimum absolute atomic E-state index is 0.463. The Balaban J connectivity index is 1.17. The molecule has 10 rings (SSSR count). The highest BCUT2D eigenvalue weighted by Gasteiger charge is 2.24. The van der Waals surface area contributed by atoms with Crippen molar-refractivity contribution in [1.82, 2.24) is 9.13 Å². The van der Waals surface area contributed by atoms with Crippen LogP contribution >= 0.6 is 11.3 Å². The smallest absolute Gasteiger partial charge is 0.0541 e. The summed E-state index contributed by atoms with van der Waals surface area (Å²) < 4.78 is 7.58. The fourth-order valence-corrected chi connectivity index (χ4v) is 8.90. The molecule has 1 unspecified atom stereocenters. The molecule has 3 heterocycles. The van der Waals surface area contributed by atoms with Gasteiger partial charge in [-0.2, -0.15) is 0 Å². The standard InChI is InChI=1S/C43H30N2S/c1-27-10-9-15-34-36-25-29(19-22-40(36)45(43(27)34)30-11-3-2-4-12-30)28-18-21-39-35(24-28)32-13-5-7-16-38(32)44(39)31-20-23-42-37(26-31)33-14-6-8-17-41(33)46-42/h2-9,11-27H,10H2,1H3. The van der Waals surface area contributed by atoms with Crippen molar-refractivity contribution >= 4 is 70.3 Å². The van der Waals surface area contributed by atoms with Crippen molar-refractivity contribution in [2.24, 2.45) is 0 Å². The van der Waals surface area contributed by atoms with E-state index >= 15 is 0 Å². The van der Waals surface area contributed by atoms with E-state index in [1.165, 1.54) is 86.6 Å². The van der Waals surface area contributed by atoms with Gasteiger partial charge in [0.05, 0.1) is 16.6 Å². The largest absolute Gasteiger partial charge is 0.313 e. The molecule has 3 aromatic heterocycles. The van der Waals surface area contributed by atoms with Gasteiger partial charge < -0.3 is 9.13 Å². The Morgan fingerprint density at radius 2 is 1.20 bits per heavy atom. The summed E-state index contributed by atoms with van der Waals surface area (Å²) in [6, 6.07) is 49.4. The summed E-state index contributed by atoms with van der Waals surface area (Å²) in [5.74, 6) is 0.463. The summed E-state index contributed by atoms with van der Waals surface area (Å²) in [5.41, 5.74) is 11.4. The highest BCUT2D eigenvalue weighted by atomic mass is 32.1. The normalized spacial score (nSPS) is 14.7. The zero-order chi connectivity index (χ0) is 30.4. The molecule has 6 aromatic carbocycles. The third kappa shape index (κ3) is 3.70. The lowest BCUT2D eigenvalue weighted by atomic mass is 9.92. The molecular weight excluding hydrogens is 577 g/mol. The van der Waals surface area contributed by atoms with Crippen LogP contribution in [0.4, 0.5) is 0 Å². The van der Waals surface area contributed by atoms with Crippen molar-refractivity contribution in [3.63, 3.8) is 0 Å². The van der Waals surface area contributed by atoms with Crippen LogP contribution in [0.15, 0.2) is 140 Å². The molecule has 0 radical (unpaired) electrons. The Labute approximate surface area is 271 Å². The molecule has 0 saturated heterocycles. The van der Waals surface area contributed by atoms with Crippen molar-refractivity contribution in [3.8, 4) is 22.5 Å². The Kier molecular flexibility index (Phi) is 5.52. The second-order valence-corrected chi connectivity index (χ2v) is 13.7. The molecule has 0 spiro atoms. The number of thiophene rings is 1. The fraction of sp³-hybridized carbons (Fsp3) is 0.0698. The summed E-state index contributed by atoms with van der Waals surface area (Å²) >= 11 is 1.87. The monoisotopic (exact) mass is 606 g/mol. The molecule has 3 heteroatoms. The molecule has 0 aliphatic heterocycles. The van der Waals surface area contributed by atoms with Crippen LogP contribution in [0.3, 0.4) is 0 Å². The average molecular weight is 607 g/mol. The van der Waals surface area contributed by atoms with Crippen LogP contribution in [0.2, 0.25) is 0 Å². The summed E-state index contributed by atoms with van der Waals surface area (Å²) in [6.45, 7) is 2.35. The Hall–Kier alpha value is -5.38. The first-order valence-electron chi connectivity index (χ1n) is 16.1. The van der Waals surface area contributed by atoms with Gasteiger partial charge in [0, 0.05) is 64.9 Å². The third-order valence-electron chi connectivity index (χ3n) is 9.92. The van der Waals surface area contributed by atoms with Crippen molar-refractivity contribution in [2.75, 3.05) is 0 Å². The van der Waals surface area contributed by atoms with Gasteiger partial charge >= 0.3 is 0 Å². The number of allylic oxidation sites excluding steroid dienone is 1. The molecule has 1 aliphatic carbocycles. The van der Waals surface area contributed by atoms with Gasteiger partial charge in [0.2, 0.25) is 0 Å². The zero-order valence-corrected chi connectivity index (χ0v) is 26.3. The first-order chi connectivity index (χ1) is 22.7. The molecule has 0 N–H and O–H groups in total. The SMILES string of the molecule is CC1CC=Cc2c1n(-c1ccccc1)c1ccc(-c3ccc4c(c3)c3ccccc3n4-c3ccc4sc5ccccc5c4c3)cc21. The van der Waals surface area contributed by atoms with E-state index in [4.69, 9.17) is 0 Å². The molecule has 0 bridgehead atoms. The average Bonchev–Trinajstić information content (AvgIpc) is 3.76. The van der Waals surface area contributed by atoms with Crippen LogP contribution in [-0.2, 0) is 0 Å². The van der Waals surface area contributed by atoms with Crippen molar-refractivity contribution in [3.05, 3.63) is 151 Å². The molecular formula is C43H30N2S. The minimum Gasteiger partial charge on any atom is -0.313 e. The molecule has 0 fully saturated rings. The third-order valence-corrected chi connectivity index (χ3v) is 11.1. The van der Waals surface area contributed by atoms with Crippen LogP contribution in [0, 0.1) is 0 Å². The lowest BCUT2D eigenvalue weighted by molar-refractivity contribution is 0.723. The van der Waals surface area contributed by atoms with Gasteiger partial charge in [0.25, 0.3) is 0 Å². The van der Waals surface area contributed by atoms with E-state index < -0.39 is 0 Å². The summed E-state index contributed by atoms with van der Waals surface area (Å²) in [6.07, 6.45) is 5.75. The first kappa shape index (κ1) is 25.9. The van der Waals surface area contributed by atoms with Gasteiger partial charge in [-0.1, -0.05) is 85.8 Å². The van der Waals surface area contributed by atoms with Crippen molar-refractivity contribution in [2.45, 2.75) is 19.3 Å². The predicted molar refractivity (Wildman–Crippen MR) is 198 cm³/mol. The second kappa shape index (κ2) is 9.81. The maximum absolute atomic E-state index is 2.48. The number of nitrogens with zero attached hydrogens (tertiary/aromatic N) is 2. The van der Waals surface area contributed by atoms with Gasteiger partial charge in [-0.25, -0.2) is 0 Å². The molecule has 9 aromatic rings. The van der Waals surface area contributed by atoms with Gasteiger partial charge in [-0.15, -0.1) is 11.3 Å². The van der Waals surface area contributed by atoms with Gasteiger partial charge in [-0.3, -0.25) is 0 Å². The molecule has 1 aliphatic rings. The molecule has 0 saturated carbocycles. The van der Waals surface area contributed by atoms with Crippen LogP contribution in [-0.4, -0.2) is 9.13 Å². The zero-order valence-electron chi connectivity index (χ0n) is 25.4. The number of fused-ring (bicyclic) bond motifs is 9. The quantitative estimate of drug-likeness (QED) is 0.189. The maximum atomic E-state index is 2.48. The van der Waals surface area contributed by atoms with E-state index in [-0.39, 0.29) is 0 Å². The number of para-hydroxylation sites is 2. The van der Waals surface area contributed by atoms with E-state index in [1.54, 1.807) is 0 Å². The molecule has 218 valence electrons. The highest BCUT2D eigenvalue weighted by molar-refractivity contribution is 7.25. The highest BCUT2D eigenvalue weighted by Crippen LogP contribution is 2.42. The van der Waals surface area contributed by atoms with Crippen LogP contribution in [0.25, 0.3) is 81.5 Å². The molecule has 2 nitrogen and oxygen atoms in total. The van der Waals surface area contributed by atoms with Crippen molar-refractivity contribution < 1.29 is 0 Å².